The minimum atomic E-state index is -3.94. The third kappa shape index (κ3) is 5.90. The lowest BCUT2D eigenvalue weighted by Gasteiger charge is -2.30. The molecule has 2 aromatic rings. The number of carbonyl (C=O) groups is 1. The summed E-state index contributed by atoms with van der Waals surface area (Å²) in [6.07, 6.45) is 4.00. The first-order valence-electron chi connectivity index (χ1n) is 9.87. The molecule has 0 saturated heterocycles. The molecule has 1 heterocycles. The molecule has 0 amide bonds. The first-order valence-corrected chi connectivity index (χ1v) is 11.7. The second kappa shape index (κ2) is 10.2. The van der Waals surface area contributed by atoms with Crippen LogP contribution in [0.4, 0.5) is 0 Å². The third-order valence-electron chi connectivity index (χ3n) is 5.01. The van der Waals surface area contributed by atoms with E-state index in [-0.39, 0.29) is 10.8 Å². The summed E-state index contributed by atoms with van der Waals surface area (Å²) in [5, 5.41) is 17.1. The molecule has 1 saturated carbocycles. The number of rotatable bonds is 8. The Morgan fingerprint density at radius 2 is 2.12 bits per heavy atom. The number of benzene rings is 1. The van der Waals surface area contributed by atoms with Gasteiger partial charge in [0.15, 0.2) is 0 Å². The fourth-order valence-electron chi connectivity index (χ4n) is 3.45. The van der Waals surface area contributed by atoms with E-state index in [0.717, 1.165) is 6.21 Å². The number of aromatic nitrogens is 1. The molecule has 9 nitrogen and oxygen atoms in total. The molecule has 1 aromatic heterocycles. The van der Waals surface area contributed by atoms with Crippen LogP contribution in [-0.4, -0.2) is 49.0 Å². The van der Waals surface area contributed by atoms with Gasteiger partial charge in [0, 0.05) is 34.5 Å². The van der Waals surface area contributed by atoms with Crippen molar-refractivity contribution >= 4 is 39.5 Å². The molecule has 3 N–H and O–H groups in total. The molecule has 0 aliphatic heterocycles. The lowest BCUT2D eigenvalue weighted by Crippen LogP contribution is -2.46. The summed E-state index contributed by atoms with van der Waals surface area (Å²) < 4.78 is 34.3. The molecule has 170 valence electrons. The van der Waals surface area contributed by atoms with Gasteiger partial charge < -0.3 is 15.3 Å². The van der Waals surface area contributed by atoms with Crippen LogP contribution in [0.25, 0.3) is 0 Å². The molecule has 0 bridgehead atoms. The van der Waals surface area contributed by atoms with Gasteiger partial charge in [-0.05, 0) is 56.5 Å². The Hall–Kier alpha value is -2.82. The highest BCUT2D eigenvalue weighted by molar-refractivity contribution is 7.89. The van der Waals surface area contributed by atoms with Crippen LogP contribution >= 0.6 is 11.6 Å². The van der Waals surface area contributed by atoms with E-state index < -0.39 is 34.5 Å². The summed E-state index contributed by atoms with van der Waals surface area (Å²) in [7, 11) is -3.94. The average molecular weight is 479 g/mol. The van der Waals surface area contributed by atoms with E-state index in [2.05, 4.69) is 14.7 Å². The van der Waals surface area contributed by atoms with Crippen LogP contribution in [-0.2, 0) is 14.8 Å². The number of carboxylic acids is 1. The van der Waals surface area contributed by atoms with Gasteiger partial charge in [-0.2, -0.15) is 0 Å². The highest BCUT2D eigenvalue weighted by atomic mass is 35.5. The van der Waals surface area contributed by atoms with Crippen molar-refractivity contribution in [3.63, 3.8) is 0 Å². The SMILES string of the molecule is Cc1cc(S(=O)(=O)NC2CCCC(=NCC(=O)O)C2C=N)cnc1Oc1ccc(Cl)cc1. The van der Waals surface area contributed by atoms with Crippen molar-refractivity contribution in [3.8, 4) is 11.6 Å². The van der Waals surface area contributed by atoms with E-state index in [1.165, 1.54) is 12.3 Å². The Bertz CT molecular complexity index is 1140. The third-order valence-corrected chi connectivity index (χ3v) is 6.72. The van der Waals surface area contributed by atoms with E-state index in [4.69, 9.17) is 26.9 Å². The normalized spacial score (nSPS) is 20.1. The van der Waals surface area contributed by atoms with Crippen molar-refractivity contribution < 1.29 is 23.1 Å². The van der Waals surface area contributed by atoms with Crippen molar-refractivity contribution in [1.29, 1.82) is 5.41 Å². The van der Waals surface area contributed by atoms with Crippen molar-refractivity contribution in [2.24, 2.45) is 10.9 Å². The molecule has 32 heavy (non-hydrogen) atoms. The number of hydrogen-bond acceptors (Lipinski definition) is 7. The van der Waals surface area contributed by atoms with Crippen molar-refractivity contribution in [3.05, 3.63) is 47.1 Å². The molecule has 1 aliphatic rings. The van der Waals surface area contributed by atoms with Gasteiger partial charge in [-0.25, -0.2) is 18.1 Å². The number of carboxylic acid groups (broad SMARTS) is 1. The molecule has 1 aliphatic carbocycles. The second-order valence-electron chi connectivity index (χ2n) is 7.36. The highest BCUT2D eigenvalue weighted by Crippen LogP contribution is 2.27. The van der Waals surface area contributed by atoms with E-state index in [0.29, 0.717) is 41.3 Å². The lowest BCUT2D eigenvalue weighted by molar-refractivity contribution is -0.135. The fourth-order valence-corrected chi connectivity index (χ4v) is 4.90. The maximum atomic E-state index is 13.0. The van der Waals surface area contributed by atoms with Gasteiger partial charge in [-0.15, -0.1) is 0 Å². The zero-order valence-electron chi connectivity index (χ0n) is 17.3. The number of aliphatic imine (C=N–C) groups is 1. The van der Waals surface area contributed by atoms with Gasteiger partial charge in [0.2, 0.25) is 15.9 Å². The molecule has 1 aromatic carbocycles. The van der Waals surface area contributed by atoms with E-state index >= 15 is 0 Å². The van der Waals surface area contributed by atoms with Gasteiger partial charge in [0.25, 0.3) is 0 Å². The maximum absolute atomic E-state index is 13.0. The Labute approximate surface area is 191 Å². The number of ether oxygens (including phenoxy) is 1. The predicted molar refractivity (Wildman–Crippen MR) is 121 cm³/mol. The number of pyridine rings is 1. The molecular weight excluding hydrogens is 456 g/mol. The zero-order chi connectivity index (χ0) is 23.3. The quantitative estimate of drug-likeness (QED) is 0.496. The van der Waals surface area contributed by atoms with Gasteiger partial charge >= 0.3 is 5.97 Å². The van der Waals surface area contributed by atoms with Crippen LogP contribution < -0.4 is 9.46 Å². The minimum absolute atomic E-state index is 0.0308. The van der Waals surface area contributed by atoms with Crippen molar-refractivity contribution in [2.75, 3.05) is 6.54 Å². The van der Waals surface area contributed by atoms with E-state index in [1.54, 1.807) is 31.2 Å². The fraction of sp³-hybridized carbons (Fsp3) is 0.333. The number of aryl methyl sites for hydroxylation is 1. The summed E-state index contributed by atoms with van der Waals surface area (Å²) in [5.74, 6) is -0.891. The van der Waals surface area contributed by atoms with Gasteiger partial charge in [0.1, 0.15) is 17.2 Å². The summed E-state index contributed by atoms with van der Waals surface area (Å²) in [6, 6.07) is 7.57. The largest absolute Gasteiger partial charge is 0.480 e. The molecule has 0 spiro atoms. The Morgan fingerprint density at radius 1 is 1.41 bits per heavy atom. The molecule has 3 rings (SSSR count). The monoisotopic (exact) mass is 478 g/mol. The average Bonchev–Trinajstić information content (AvgIpc) is 2.75. The smallest absolute Gasteiger partial charge is 0.325 e. The molecule has 2 unspecified atom stereocenters. The first kappa shape index (κ1) is 23.8. The lowest BCUT2D eigenvalue weighted by atomic mass is 9.84. The number of halogens is 1. The zero-order valence-corrected chi connectivity index (χ0v) is 18.9. The van der Waals surface area contributed by atoms with Gasteiger partial charge in [0.05, 0.1) is 6.20 Å². The standard InChI is InChI=1S/C21H23ClN4O5S/c1-13-9-16(11-25-21(13)31-15-7-5-14(22)6-8-15)32(29,30)26-19-4-2-3-18(17(19)10-23)24-12-20(27)28/h5-11,17,19,23,26H,2-4,12H2,1H3,(H,27,28). The highest BCUT2D eigenvalue weighted by Gasteiger charge is 2.32. The summed E-state index contributed by atoms with van der Waals surface area (Å²) in [6.45, 7) is 1.28. The topological polar surface area (TPSA) is 142 Å². The molecule has 0 radical (unpaired) electrons. The van der Waals surface area contributed by atoms with E-state index in [9.17, 15) is 13.2 Å². The number of sulfonamides is 1. The van der Waals surface area contributed by atoms with Crippen LogP contribution in [0.2, 0.25) is 5.02 Å². The van der Waals surface area contributed by atoms with Gasteiger partial charge in [-0.1, -0.05) is 11.6 Å². The molecular formula is C21H23ClN4O5S. The van der Waals surface area contributed by atoms with E-state index in [1.807, 2.05) is 0 Å². The summed E-state index contributed by atoms with van der Waals surface area (Å²) >= 11 is 5.87. The predicted octanol–water partition coefficient (Wildman–Crippen LogP) is 3.46. The van der Waals surface area contributed by atoms with Crippen molar-refractivity contribution in [1.82, 2.24) is 9.71 Å². The molecule has 2 atom stereocenters. The summed E-state index contributed by atoms with van der Waals surface area (Å²) in [5.41, 5.74) is 1.04. The first-order chi connectivity index (χ1) is 15.2. The van der Waals surface area contributed by atoms with Crippen molar-refractivity contribution in [2.45, 2.75) is 37.1 Å². The van der Waals surface area contributed by atoms with Crippen LogP contribution in [0, 0.1) is 18.3 Å². The number of aliphatic carboxylic acids is 1. The second-order valence-corrected chi connectivity index (χ2v) is 9.51. The van der Waals surface area contributed by atoms with Gasteiger partial charge in [-0.3, -0.25) is 9.79 Å². The summed E-state index contributed by atoms with van der Waals surface area (Å²) in [4.78, 5) is 19.0. The molecule has 1 fully saturated rings. The Morgan fingerprint density at radius 3 is 2.75 bits per heavy atom. The minimum Gasteiger partial charge on any atom is -0.480 e. The van der Waals surface area contributed by atoms with Crippen LogP contribution in [0.15, 0.2) is 46.4 Å². The number of nitrogens with zero attached hydrogens (tertiary/aromatic N) is 2. The Kier molecular flexibility index (Phi) is 7.60. The van der Waals surface area contributed by atoms with Crippen LogP contribution in [0.1, 0.15) is 24.8 Å². The number of hydrogen-bond donors (Lipinski definition) is 3. The van der Waals surface area contributed by atoms with Crippen LogP contribution in [0.3, 0.4) is 0 Å². The molecule has 11 heteroatoms. The number of nitrogens with one attached hydrogen (secondary N) is 2. The Balaban J connectivity index is 1.77. The maximum Gasteiger partial charge on any atom is 0.325 e. The van der Waals surface area contributed by atoms with Crippen LogP contribution in [0.5, 0.6) is 11.6 Å².